The Balaban J connectivity index is 1.54. The molecular formula is C44H55N4O12S2-. The Labute approximate surface area is 363 Å². The predicted molar refractivity (Wildman–Crippen MR) is 231 cm³/mol. The molecule has 1 atom stereocenters. The van der Waals surface area contributed by atoms with Crippen LogP contribution in [0.5, 0.6) is 0 Å². The SMILES string of the molecule is COCC[N+](CCOC)=c1ccc2c(C(C)(C)C)cc(/C=C/C=C3/N(CCCS(=O)(=O)[O-])c4ccc(S(=O)(=O)[O-])cc4C3(C)CCCC(=O)NCCN3C(=O)C=CC3=O)oc-2c1. The third kappa shape index (κ3) is 11.9. The Morgan fingerprint density at radius 1 is 0.919 bits per heavy atom. The van der Waals surface area contributed by atoms with Crippen LogP contribution in [0.25, 0.3) is 17.4 Å². The van der Waals surface area contributed by atoms with Gasteiger partial charge in [0.05, 0.1) is 21.1 Å². The first-order valence-corrected chi connectivity index (χ1v) is 23.3. The molecule has 3 amide bonds. The number of rotatable bonds is 20. The highest BCUT2D eigenvalue weighted by Gasteiger charge is 2.43. The Morgan fingerprint density at radius 3 is 2.21 bits per heavy atom. The van der Waals surface area contributed by atoms with E-state index in [-0.39, 0.29) is 56.6 Å². The van der Waals surface area contributed by atoms with Gasteiger partial charge >= 0.3 is 0 Å². The lowest BCUT2D eigenvalue weighted by molar-refractivity contribution is -0.137. The Bertz CT molecular complexity index is 2490. The number of nitrogens with one attached hydrogen (secondary N) is 1. The van der Waals surface area contributed by atoms with Gasteiger partial charge < -0.3 is 33.2 Å². The number of methoxy groups -OCH3 is 2. The monoisotopic (exact) mass is 895 g/mol. The lowest BCUT2D eigenvalue weighted by Gasteiger charge is -2.30. The minimum absolute atomic E-state index is 0.00429. The molecule has 18 heteroatoms. The van der Waals surface area contributed by atoms with E-state index < -0.39 is 48.1 Å². The molecule has 1 unspecified atom stereocenters. The Hall–Kier alpha value is -4.98. The number of carbonyl (C=O) groups is 3. The summed E-state index contributed by atoms with van der Waals surface area (Å²) in [4.78, 5) is 39.1. The summed E-state index contributed by atoms with van der Waals surface area (Å²) in [5, 5.41) is 3.65. The van der Waals surface area contributed by atoms with Crippen molar-refractivity contribution in [1.82, 2.24) is 14.8 Å². The van der Waals surface area contributed by atoms with Crippen LogP contribution in [0.15, 0.2) is 81.8 Å². The van der Waals surface area contributed by atoms with Gasteiger partial charge in [-0.25, -0.2) is 21.4 Å². The third-order valence-corrected chi connectivity index (χ3v) is 12.6. The van der Waals surface area contributed by atoms with Crippen molar-refractivity contribution in [1.29, 1.82) is 0 Å². The molecule has 0 fully saturated rings. The summed E-state index contributed by atoms with van der Waals surface area (Å²) in [5.41, 5.74) is 2.29. The van der Waals surface area contributed by atoms with E-state index >= 15 is 0 Å². The highest BCUT2D eigenvalue weighted by atomic mass is 32.2. The molecular weight excluding hydrogens is 841 g/mol. The molecule has 0 saturated heterocycles. The van der Waals surface area contributed by atoms with Crippen LogP contribution in [0.4, 0.5) is 5.69 Å². The summed E-state index contributed by atoms with van der Waals surface area (Å²) in [5.74, 6) is -0.714. The van der Waals surface area contributed by atoms with E-state index in [1.165, 1.54) is 18.2 Å². The Morgan fingerprint density at radius 2 is 1.60 bits per heavy atom. The van der Waals surface area contributed by atoms with E-state index in [4.69, 9.17) is 13.9 Å². The van der Waals surface area contributed by atoms with Gasteiger partial charge in [-0.2, -0.15) is 0 Å². The van der Waals surface area contributed by atoms with Crippen molar-refractivity contribution in [3.05, 3.63) is 94.7 Å². The van der Waals surface area contributed by atoms with Crippen LogP contribution in [-0.4, -0.2) is 114 Å². The number of hydrogen-bond donors (Lipinski definition) is 1. The number of fused-ring (bicyclic) bond motifs is 2. The number of benzene rings is 2. The first-order chi connectivity index (χ1) is 29.2. The molecule has 3 heterocycles. The summed E-state index contributed by atoms with van der Waals surface area (Å²) in [6.45, 7) is 10.6. The van der Waals surface area contributed by atoms with Gasteiger partial charge in [-0.05, 0) is 85.2 Å². The van der Waals surface area contributed by atoms with Crippen molar-refractivity contribution in [2.75, 3.05) is 70.8 Å². The van der Waals surface area contributed by atoms with Gasteiger partial charge in [0.1, 0.15) is 34.9 Å². The molecule has 336 valence electrons. The zero-order valence-electron chi connectivity index (χ0n) is 36.0. The third-order valence-electron chi connectivity index (χ3n) is 11.0. The number of allylic oxidation sites excluding steroid dienone is 3. The standard InChI is InChI=1S/C44H56N4O12S2/c1-43(2,3)35-29-32(60-38-28-31(13-15-34(35)38)46(23-25-58-5)24-26-59-6)10-7-11-39-44(4,19-8-12-40(49)45-20-22-48-41(50)17-18-42(48)51)36-30-33(62(55,56)57)14-16-37(36)47(39)21-9-27-61(52,53)54/h7,10-11,13-18,28-30H,8-9,12,19-27H2,1-6H3,(H2-,45,49,52,53,54,55,56,57)/p-1. The maximum atomic E-state index is 13.0. The molecule has 5 rings (SSSR count). The number of hydrogen-bond acceptors (Lipinski definition) is 13. The quantitative estimate of drug-likeness (QED) is 0.0978. The second-order valence-corrected chi connectivity index (χ2v) is 19.4. The summed E-state index contributed by atoms with van der Waals surface area (Å²) in [7, 11) is -6.14. The fraction of sp³-hybridized carbons (Fsp3) is 0.455. The average molecular weight is 896 g/mol. The molecule has 0 saturated carbocycles. The van der Waals surface area contributed by atoms with Gasteiger partial charge in [-0.3, -0.25) is 19.3 Å². The van der Waals surface area contributed by atoms with Crippen LogP contribution in [0.3, 0.4) is 0 Å². The molecule has 4 aliphatic rings. The van der Waals surface area contributed by atoms with E-state index in [1.54, 1.807) is 32.4 Å². The van der Waals surface area contributed by atoms with Crippen molar-refractivity contribution < 1.29 is 54.2 Å². The van der Waals surface area contributed by atoms with Gasteiger partial charge in [0.15, 0.2) is 13.1 Å². The zero-order chi connectivity index (χ0) is 45.5. The average Bonchev–Trinajstić information content (AvgIpc) is 3.63. The summed E-state index contributed by atoms with van der Waals surface area (Å²) >= 11 is 0. The lowest BCUT2D eigenvalue weighted by Crippen LogP contribution is -2.38. The molecule has 1 aromatic rings. The number of anilines is 1. The summed E-state index contributed by atoms with van der Waals surface area (Å²) in [6.07, 6.45) is 8.24. The minimum atomic E-state index is -4.88. The topological polar surface area (TPSA) is 219 Å². The molecule has 0 aromatic heterocycles. The van der Waals surface area contributed by atoms with Gasteiger partial charge in [0.25, 0.3) is 11.8 Å². The van der Waals surface area contributed by atoms with Crippen LogP contribution >= 0.6 is 0 Å². The van der Waals surface area contributed by atoms with Crippen LogP contribution < -0.4 is 20.1 Å². The number of ether oxygens (including phenoxy) is 2. The fourth-order valence-electron chi connectivity index (χ4n) is 7.84. The molecule has 3 aliphatic heterocycles. The van der Waals surface area contributed by atoms with E-state index in [1.807, 2.05) is 36.1 Å². The molecule has 0 bridgehead atoms. The molecule has 1 aromatic carbocycles. The van der Waals surface area contributed by atoms with E-state index in [9.17, 15) is 40.3 Å². The van der Waals surface area contributed by atoms with Crippen molar-refractivity contribution in [2.24, 2.45) is 0 Å². The molecule has 1 N–H and O–H groups in total. The molecule has 62 heavy (non-hydrogen) atoms. The fourth-order valence-corrected chi connectivity index (χ4v) is 8.82. The number of amides is 3. The second-order valence-electron chi connectivity index (χ2n) is 16.5. The normalized spacial score (nSPS) is 17.6. The predicted octanol–water partition coefficient (Wildman–Crippen LogP) is 3.47. The largest absolute Gasteiger partial charge is 0.748 e. The summed E-state index contributed by atoms with van der Waals surface area (Å²) < 4.78 is 91.2. The van der Waals surface area contributed by atoms with Gasteiger partial charge in [-0.15, -0.1) is 0 Å². The first kappa shape index (κ1) is 48.1. The van der Waals surface area contributed by atoms with Crippen molar-refractivity contribution in [3.63, 3.8) is 0 Å². The van der Waals surface area contributed by atoms with Crippen LogP contribution in [0.2, 0.25) is 0 Å². The van der Waals surface area contributed by atoms with Crippen LogP contribution in [-0.2, 0) is 54.9 Å². The second kappa shape index (κ2) is 20.0. The maximum Gasteiger partial charge on any atom is 0.253 e. The van der Waals surface area contributed by atoms with Crippen LogP contribution in [0, 0.1) is 0 Å². The molecule has 16 nitrogen and oxygen atoms in total. The van der Waals surface area contributed by atoms with Gasteiger partial charge in [0.2, 0.25) is 11.3 Å². The Kier molecular flexibility index (Phi) is 15.5. The van der Waals surface area contributed by atoms with E-state index in [2.05, 4.69) is 30.7 Å². The van der Waals surface area contributed by atoms with Crippen LogP contribution in [0.1, 0.15) is 70.3 Å². The lowest BCUT2D eigenvalue weighted by atomic mass is 9.77. The molecule has 1 aliphatic carbocycles. The van der Waals surface area contributed by atoms with E-state index in [0.29, 0.717) is 54.8 Å². The zero-order valence-corrected chi connectivity index (χ0v) is 37.6. The number of carbonyl (C=O) groups excluding carboxylic acids is 3. The highest BCUT2D eigenvalue weighted by Crippen LogP contribution is 2.51. The smallest absolute Gasteiger partial charge is 0.253 e. The number of imide groups is 1. The van der Waals surface area contributed by atoms with Crippen molar-refractivity contribution >= 4 is 49.7 Å². The van der Waals surface area contributed by atoms with Gasteiger partial charge in [-0.1, -0.05) is 26.8 Å². The summed E-state index contributed by atoms with van der Waals surface area (Å²) in [6, 6.07) is 12.0. The van der Waals surface area contributed by atoms with Crippen molar-refractivity contribution in [2.45, 2.75) is 69.1 Å². The first-order valence-electron chi connectivity index (χ1n) is 20.3. The number of nitrogens with zero attached hydrogens (tertiary/aromatic N) is 3. The van der Waals surface area contributed by atoms with Gasteiger partial charge in [0, 0.05) is 86.6 Å². The van der Waals surface area contributed by atoms with E-state index in [0.717, 1.165) is 33.5 Å². The minimum Gasteiger partial charge on any atom is -0.748 e. The highest BCUT2D eigenvalue weighted by molar-refractivity contribution is 7.86. The van der Waals surface area contributed by atoms with Crippen molar-refractivity contribution in [3.8, 4) is 11.3 Å². The molecule has 0 spiro atoms. The molecule has 0 radical (unpaired) electrons. The maximum absolute atomic E-state index is 13.0.